The summed E-state index contributed by atoms with van der Waals surface area (Å²) >= 11 is 0. The number of para-hydroxylation sites is 1. The second-order valence-electron chi connectivity index (χ2n) is 3.51. The van der Waals surface area contributed by atoms with Gasteiger partial charge in [-0.25, -0.2) is 0 Å². The van der Waals surface area contributed by atoms with Gasteiger partial charge in [0.1, 0.15) is 17.3 Å². The predicted molar refractivity (Wildman–Crippen MR) is 60.2 cm³/mol. The van der Waals surface area contributed by atoms with E-state index in [1.807, 2.05) is 22.6 Å². The van der Waals surface area contributed by atoms with Crippen molar-refractivity contribution in [2.75, 3.05) is 0 Å². The van der Waals surface area contributed by atoms with Crippen molar-refractivity contribution >= 4 is 16.6 Å². The van der Waals surface area contributed by atoms with Crippen LogP contribution >= 0.6 is 0 Å². The lowest BCUT2D eigenvalue weighted by Gasteiger charge is -2.02. The molecular formula is C12H7N3O. The van der Waals surface area contributed by atoms with Gasteiger partial charge in [-0.15, -0.1) is 0 Å². The number of hydrogen-bond donors (Lipinski definition) is 1. The third kappa shape index (κ3) is 0.943. The van der Waals surface area contributed by atoms with E-state index in [1.54, 1.807) is 24.5 Å². The number of rotatable bonds is 0. The lowest BCUT2D eigenvalue weighted by atomic mass is 10.1. The predicted octanol–water partition coefficient (Wildman–Crippen LogP) is 1.65. The number of nitrogens with zero attached hydrogens (tertiary/aromatic N) is 2. The molecule has 0 atom stereocenters. The van der Waals surface area contributed by atoms with E-state index < -0.39 is 0 Å². The number of benzene rings is 1. The van der Waals surface area contributed by atoms with E-state index in [0.717, 1.165) is 5.52 Å². The van der Waals surface area contributed by atoms with E-state index in [-0.39, 0.29) is 11.0 Å². The first kappa shape index (κ1) is 8.74. The van der Waals surface area contributed by atoms with Gasteiger partial charge in [0.05, 0.1) is 5.52 Å². The van der Waals surface area contributed by atoms with Gasteiger partial charge < -0.3 is 4.98 Å². The highest BCUT2D eigenvalue weighted by atomic mass is 16.1. The lowest BCUT2D eigenvalue weighted by molar-refractivity contribution is 1.23. The van der Waals surface area contributed by atoms with Gasteiger partial charge in [-0.1, -0.05) is 12.1 Å². The fourth-order valence-corrected chi connectivity index (χ4v) is 1.95. The molecule has 0 bridgehead atoms. The zero-order valence-electron chi connectivity index (χ0n) is 8.27. The normalized spacial score (nSPS) is 10.7. The standard InChI is InChI=1S/C12H7N3O/c13-7-9-11(16)8-3-1-2-4-10(8)15-6-5-14-12(9)15/h1-6,14H. The van der Waals surface area contributed by atoms with Crippen LogP contribution in [-0.4, -0.2) is 9.38 Å². The third-order valence-corrected chi connectivity index (χ3v) is 2.67. The Kier molecular flexibility index (Phi) is 1.62. The highest BCUT2D eigenvalue weighted by Crippen LogP contribution is 2.14. The van der Waals surface area contributed by atoms with Crippen molar-refractivity contribution in [2.45, 2.75) is 0 Å². The molecule has 0 fully saturated rings. The molecule has 0 unspecified atom stereocenters. The molecule has 0 amide bonds. The van der Waals surface area contributed by atoms with Crippen LogP contribution in [-0.2, 0) is 0 Å². The van der Waals surface area contributed by atoms with E-state index >= 15 is 0 Å². The average molecular weight is 209 g/mol. The molecule has 1 aromatic carbocycles. The number of aromatic amines is 1. The number of hydrogen-bond acceptors (Lipinski definition) is 2. The Bertz CT molecular complexity index is 789. The summed E-state index contributed by atoms with van der Waals surface area (Å²) in [6, 6.07) is 9.21. The van der Waals surface area contributed by atoms with E-state index in [4.69, 9.17) is 5.26 Å². The maximum atomic E-state index is 12.0. The minimum atomic E-state index is -0.222. The van der Waals surface area contributed by atoms with Gasteiger partial charge in [-0.05, 0) is 12.1 Å². The molecule has 3 rings (SSSR count). The molecule has 0 radical (unpaired) electrons. The first-order chi connectivity index (χ1) is 7.83. The minimum Gasteiger partial charge on any atom is -0.345 e. The van der Waals surface area contributed by atoms with E-state index in [0.29, 0.717) is 11.0 Å². The Balaban J connectivity index is 2.76. The van der Waals surface area contributed by atoms with Crippen molar-refractivity contribution in [3.63, 3.8) is 0 Å². The zero-order chi connectivity index (χ0) is 11.1. The summed E-state index contributed by atoms with van der Waals surface area (Å²) in [6.07, 6.45) is 3.51. The van der Waals surface area contributed by atoms with Gasteiger partial charge in [0, 0.05) is 17.8 Å². The Morgan fingerprint density at radius 1 is 1.31 bits per heavy atom. The number of fused-ring (bicyclic) bond motifs is 3. The van der Waals surface area contributed by atoms with Crippen LogP contribution in [0, 0.1) is 11.3 Å². The largest absolute Gasteiger partial charge is 0.345 e. The van der Waals surface area contributed by atoms with Crippen molar-refractivity contribution in [1.29, 1.82) is 5.26 Å². The summed E-state index contributed by atoms with van der Waals surface area (Å²) < 4.78 is 1.81. The summed E-state index contributed by atoms with van der Waals surface area (Å²) in [5, 5.41) is 9.58. The number of aromatic nitrogens is 2. The maximum absolute atomic E-state index is 12.0. The van der Waals surface area contributed by atoms with Crippen LogP contribution in [0.2, 0.25) is 0 Å². The van der Waals surface area contributed by atoms with Crippen molar-refractivity contribution in [1.82, 2.24) is 9.38 Å². The lowest BCUT2D eigenvalue weighted by Crippen LogP contribution is -2.10. The Hall–Kier alpha value is -2.54. The van der Waals surface area contributed by atoms with Crippen molar-refractivity contribution in [3.8, 4) is 6.07 Å². The molecule has 4 nitrogen and oxygen atoms in total. The molecule has 1 N–H and O–H groups in total. The number of imidazole rings is 1. The van der Waals surface area contributed by atoms with Gasteiger partial charge in [-0.3, -0.25) is 9.20 Å². The smallest absolute Gasteiger partial charge is 0.209 e. The summed E-state index contributed by atoms with van der Waals surface area (Å²) in [5.74, 6) is 0. The van der Waals surface area contributed by atoms with Crippen molar-refractivity contribution < 1.29 is 0 Å². The first-order valence-electron chi connectivity index (χ1n) is 4.83. The van der Waals surface area contributed by atoms with E-state index in [2.05, 4.69) is 4.98 Å². The molecule has 0 aliphatic rings. The molecule has 0 saturated carbocycles. The minimum absolute atomic E-state index is 0.156. The van der Waals surface area contributed by atoms with Gasteiger partial charge in [0.25, 0.3) is 0 Å². The Morgan fingerprint density at radius 2 is 2.12 bits per heavy atom. The van der Waals surface area contributed by atoms with Crippen LogP contribution in [0.3, 0.4) is 0 Å². The van der Waals surface area contributed by atoms with Gasteiger partial charge in [-0.2, -0.15) is 5.26 Å². The van der Waals surface area contributed by atoms with Crippen LogP contribution in [0.25, 0.3) is 16.6 Å². The van der Waals surface area contributed by atoms with Crippen molar-refractivity contribution in [2.24, 2.45) is 0 Å². The fraction of sp³-hybridized carbons (Fsp3) is 0. The van der Waals surface area contributed by atoms with Gasteiger partial charge >= 0.3 is 0 Å². The molecule has 0 spiro atoms. The molecule has 2 aromatic heterocycles. The summed E-state index contributed by atoms with van der Waals surface area (Å²) in [5.41, 5.74) is 1.29. The molecular weight excluding hydrogens is 202 g/mol. The fourth-order valence-electron chi connectivity index (χ4n) is 1.95. The second kappa shape index (κ2) is 2.97. The van der Waals surface area contributed by atoms with Gasteiger partial charge in [0.15, 0.2) is 0 Å². The number of H-pyrrole nitrogens is 1. The quantitative estimate of drug-likeness (QED) is 0.612. The molecule has 0 saturated heterocycles. The zero-order valence-corrected chi connectivity index (χ0v) is 8.27. The SMILES string of the molecule is N#Cc1c(=O)c2ccccc2n2cc[nH]c12. The molecule has 16 heavy (non-hydrogen) atoms. The van der Waals surface area contributed by atoms with Crippen LogP contribution in [0.15, 0.2) is 41.5 Å². The van der Waals surface area contributed by atoms with Crippen LogP contribution in [0.1, 0.15) is 5.56 Å². The van der Waals surface area contributed by atoms with Gasteiger partial charge in [0.2, 0.25) is 5.43 Å². The van der Waals surface area contributed by atoms with E-state index in [9.17, 15) is 4.79 Å². The topological polar surface area (TPSA) is 61.1 Å². The Labute approximate surface area is 90.4 Å². The third-order valence-electron chi connectivity index (χ3n) is 2.67. The summed E-state index contributed by atoms with van der Waals surface area (Å²) in [7, 11) is 0. The molecule has 3 aromatic rings. The van der Waals surface area contributed by atoms with Crippen molar-refractivity contribution in [3.05, 3.63) is 52.4 Å². The van der Waals surface area contributed by atoms with Crippen LogP contribution in [0.5, 0.6) is 0 Å². The highest BCUT2D eigenvalue weighted by Gasteiger charge is 2.11. The molecule has 4 heteroatoms. The van der Waals surface area contributed by atoms with Crippen LogP contribution < -0.4 is 5.43 Å². The number of nitrogens with one attached hydrogen (secondary N) is 1. The molecule has 76 valence electrons. The number of nitriles is 1. The second-order valence-corrected chi connectivity index (χ2v) is 3.51. The number of pyridine rings is 1. The Morgan fingerprint density at radius 3 is 2.94 bits per heavy atom. The monoisotopic (exact) mass is 209 g/mol. The summed E-state index contributed by atoms with van der Waals surface area (Å²) in [4.78, 5) is 14.9. The maximum Gasteiger partial charge on any atom is 0.209 e. The summed E-state index contributed by atoms with van der Waals surface area (Å²) in [6.45, 7) is 0. The average Bonchev–Trinajstić information content (AvgIpc) is 2.79. The van der Waals surface area contributed by atoms with Crippen LogP contribution in [0.4, 0.5) is 0 Å². The molecule has 2 heterocycles. The highest BCUT2D eigenvalue weighted by molar-refractivity contribution is 5.84. The first-order valence-corrected chi connectivity index (χ1v) is 4.83. The van der Waals surface area contributed by atoms with E-state index in [1.165, 1.54) is 0 Å². The molecule has 0 aliphatic carbocycles. The molecule has 0 aliphatic heterocycles.